The smallest absolute Gasteiger partial charge is 0.130 e. The van der Waals surface area contributed by atoms with E-state index in [2.05, 4.69) is 16.0 Å². The molecule has 6 heteroatoms. The zero-order valence-corrected chi connectivity index (χ0v) is 15.7. The third-order valence-electron chi connectivity index (χ3n) is 5.44. The highest BCUT2D eigenvalue weighted by Crippen LogP contribution is 2.42. The Morgan fingerprint density at radius 2 is 1.88 bits per heavy atom. The normalized spacial score (nSPS) is 21.1. The first kappa shape index (κ1) is 18.5. The van der Waals surface area contributed by atoms with E-state index in [9.17, 15) is 4.79 Å². The SMILES string of the molecule is CNC1CC(NC)(NC)C(C=O)c2ccc(-c3ccccc3OC)nc21. The van der Waals surface area contributed by atoms with Gasteiger partial charge < -0.3 is 25.5 Å². The number of ether oxygens (including phenoxy) is 1. The average Bonchev–Trinajstić information content (AvgIpc) is 2.71. The third kappa shape index (κ3) is 2.90. The van der Waals surface area contributed by atoms with Crippen molar-refractivity contribution < 1.29 is 9.53 Å². The molecule has 2 atom stereocenters. The van der Waals surface area contributed by atoms with Crippen LogP contribution in [0.15, 0.2) is 36.4 Å². The lowest BCUT2D eigenvalue weighted by atomic mass is 9.74. The minimum Gasteiger partial charge on any atom is -0.496 e. The van der Waals surface area contributed by atoms with Crippen LogP contribution in [-0.4, -0.2) is 45.2 Å². The monoisotopic (exact) mass is 354 g/mol. The lowest BCUT2D eigenvalue weighted by molar-refractivity contribution is -0.111. The van der Waals surface area contributed by atoms with Crippen molar-refractivity contribution in [1.82, 2.24) is 20.9 Å². The van der Waals surface area contributed by atoms with E-state index in [1.807, 2.05) is 57.5 Å². The molecular weight excluding hydrogens is 328 g/mol. The lowest BCUT2D eigenvalue weighted by Crippen LogP contribution is -2.62. The maximum absolute atomic E-state index is 12.0. The van der Waals surface area contributed by atoms with Gasteiger partial charge in [-0.3, -0.25) is 4.98 Å². The van der Waals surface area contributed by atoms with Crippen LogP contribution in [0.25, 0.3) is 11.3 Å². The molecule has 138 valence electrons. The van der Waals surface area contributed by atoms with Gasteiger partial charge in [0.25, 0.3) is 0 Å². The molecule has 2 unspecified atom stereocenters. The van der Waals surface area contributed by atoms with E-state index in [4.69, 9.17) is 9.72 Å². The van der Waals surface area contributed by atoms with Crippen LogP contribution in [-0.2, 0) is 4.79 Å². The molecule has 0 aliphatic heterocycles. The van der Waals surface area contributed by atoms with Crippen molar-refractivity contribution in [3.8, 4) is 17.0 Å². The third-order valence-corrected chi connectivity index (χ3v) is 5.44. The number of carbonyl (C=O) groups is 1. The maximum Gasteiger partial charge on any atom is 0.130 e. The Morgan fingerprint density at radius 1 is 1.15 bits per heavy atom. The van der Waals surface area contributed by atoms with Gasteiger partial charge in [-0.25, -0.2) is 0 Å². The fraction of sp³-hybridized carbons (Fsp3) is 0.400. The van der Waals surface area contributed by atoms with E-state index < -0.39 is 5.66 Å². The summed E-state index contributed by atoms with van der Waals surface area (Å²) < 4.78 is 5.48. The van der Waals surface area contributed by atoms with E-state index in [1.54, 1.807) is 7.11 Å². The number of fused-ring (bicyclic) bond motifs is 1. The quantitative estimate of drug-likeness (QED) is 0.543. The Bertz CT molecular complexity index is 789. The van der Waals surface area contributed by atoms with Gasteiger partial charge in [0.2, 0.25) is 0 Å². The Morgan fingerprint density at radius 3 is 2.50 bits per heavy atom. The van der Waals surface area contributed by atoms with Gasteiger partial charge in [-0.1, -0.05) is 18.2 Å². The van der Waals surface area contributed by atoms with E-state index in [0.29, 0.717) is 6.42 Å². The highest BCUT2D eigenvalue weighted by atomic mass is 16.5. The van der Waals surface area contributed by atoms with Crippen molar-refractivity contribution in [1.29, 1.82) is 0 Å². The minimum atomic E-state index is -0.504. The average molecular weight is 354 g/mol. The Labute approximate surface area is 154 Å². The molecular formula is C20H26N4O2. The van der Waals surface area contributed by atoms with Crippen LogP contribution in [0.4, 0.5) is 0 Å². The van der Waals surface area contributed by atoms with Crippen LogP contribution in [0.3, 0.4) is 0 Å². The molecule has 2 aromatic rings. The number of nitrogens with zero attached hydrogens (tertiary/aromatic N) is 1. The number of methoxy groups -OCH3 is 1. The van der Waals surface area contributed by atoms with E-state index >= 15 is 0 Å². The summed E-state index contributed by atoms with van der Waals surface area (Å²) in [7, 11) is 7.33. The number of pyridine rings is 1. The summed E-state index contributed by atoms with van der Waals surface area (Å²) in [5.74, 6) is 0.458. The van der Waals surface area contributed by atoms with E-state index in [0.717, 1.165) is 34.6 Å². The van der Waals surface area contributed by atoms with Crippen LogP contribution in [0, 0.1) is 0 Å². The molecule has 3 rings (SSSR count). The topological polar surface area (TPSA) is 75.3 Å². The molecule has 1 heterocycles. The Hall–Kier alpha value is -2.28. The van der Waals surface area contributed by atoms with Crippen molar-refractivity contribution in [2.75, 3.05) is 28.3 Å². The van der Waals surface area contributed by atoms with Gasteiger partial charge in [0.1, 0.15) is 12.0 Å². The number of rotatable bonds is 6. The number of aldehydes is 1. The molecule has 0 amide bonds. The van der Waals surface area contributed by atoms with Crippen molar-refractivity contribution in [3.05, 3.63) is 47.7 Å². The lowest BCUT2D eigenvalue weighted by Gasteiger charge is -2.45. The molecule has 1 aromatic carbocycles. The van der Waals surface area contributed by atoms with Crippen LogP contribution in [0.1, 0.15) is 29.6 Å². The summed E-state index contributed by atoms with van der Waals surface area (Å²) >= 11 is 0. The van der Waals surface area contributed by atoms with Crippen molar-refractivity contribution in [3.63, 3.8) is 0 Å². The molecule has 6 nitrogen and oxygen atoms in total. The largest absolute Gasteiger partial charge is 0.496 e. The molecule has 0 spiro atoms. The fourth-order valence-electron chi connectivity index (χ4n) is 3.91. The second kappa shape index (κ2) is 7.53. The maximum atomic E-state index is 12.0. The molecule has 0 saturated heterocycles. The van der Waals surface area contributed by atoms with Crippen molar-refractivity contribution in [2.24, 2.45) is 0 Å². The summed E-state index contributed by atoms with van der Waals surface area (Å²) in [5, 5.41) is 9.96. The second-order valence-corrected chi connectivity index (χ2v) is 6.50. The molecule has 1 aliphatic rings. The fourth-order valence-corrected chi connectivity index (χ4v) is 3.91. The van der Waals surface area contributed by atoms with Gasteiger partial charge in [0, 0.05) is 12.0 Å². The summed E-state index contributed by atoms with van der Waals surface area (Å²) in [6.07, 6.45) is 1.71. The van der Waals surface area contributed by atoms with Gasteiger partial charge in [-0.15, -0.1) is 0 Å². The first-order valence-corrected chi connectivity index (χ1v) is 8.78. The van der Waals surface area contributed by atoms with Gasteiger partial charge in [0.05, 0.1) is 36.1 Å². The summed E-state index contributed by atoms with van der Waals surface area (Å²) in [4.78, 5) is 16.9. The molecule has 0 fully saturated rings. The standard InChI is InChI=1S/C20H26N4O2/c1-21-17-11-20(22-2,23-3)15(12-25)13-9-10-16(24-19(13)17)14-7-5-6-8-18(14)26-4/h5-10,12,15,17,21-23H,11H2,1-4H3. The van der Waals surface area contributed by atoms with E-state index in [1.165, 1.54) is 0 Å². The summed E-state index contributed by atoms with van der Waals surface area (Å²) in [6.45, 7) is 0. The number of hydrogen-bond donors (Lipinski definition) is 3. The number of carbonyl (C=O) groups excluding carboxylic acids is 1. The molecule has 3 N–H and O–H groups in total. The number of benzene rings is 1. The number of nitrogens with one attached hydrogen (secondary N) is 3. The van der Waals surface area contributed by atoms with Crippen LogP contribution < -0.4 is 20.7 Å². The molecule has 26 heavy (non-hydrogen) atoms. The van der Waals surface area contributed by atoms with Crippen LogP contribution in [0.2, 0.25) is 0 Å². The highest BCUT2D eigenvalue weighted by Gasteiger charge is 2.45. The van der Waals surface area contributed by atoms with Gasteiger partial charge in [0.15, 0.2) is 0 Å². The minimum absolute atomic E-state index is 0.0238. The summed E-state index contributed by atoms with van der Waals surface area (Å²) in [6, 6.07) is 11.8. The Kier molecular flexibility index (Phi) is 5.36. The zero-order valence-electron chi connectivity index (χ0n) is 15.7. The molecule has 0 bridgehead atoms. The number of para-hydroxylation sites is 1. The molecule has 1 aromatic heterocycles. The van der Waals surface area contributed by atoms with E-state index in [-0.39, 0.29) is 12.0 Å². The molecule has 0 radical (unpaired) electrons. The highest BCUT2D eigenvalue weighted by molar-refractivity contribution is 5.71. The summed E-state index contributed by atoms with van der Waals surface area (Å²) in [5.41, 5.74) is 3.12. The number of aromatic nitrogens is 1. The van der Waals surface area contributed by atoms with Gasteiger partial charge in [-0.05, 0) is 44.9 Å². The molecule has 1 aliphatic carbocycles. The zero-order chi connectivity index (χ0) is 18.7. The van der Waals surface area contributed by atoms with Gasteiger partial charge >= 0.3 is 0 Å². The van der Waals surface area contributed by atoms with Crippen molar-refractivity contribution >= 4 is 6.29 Å². The first-order chi connectivity index (χ1) is 12.6. The predicted octanol–water partition coefficient (Wildman–Crippen LogP) is 1.84. The second-order valence-electron chi connectivity index (χ2n) is 6.50. The predicted molar refractivity (Wildman–Crippen MR) is 102 cm³/mol. The van der Waals surface area contributed by atoms with Gasteiger partial charge in [-0.2, -0.15) is 0 Å². The number of likely N-dealkylation sites (N-methyl/N-ethyl adjacent to an activating group) is 2. The Balaban J connectivity index is 2.15. The molecule has 0 saturated carbocycles. The van der Waals surface area contributed by atoms with Crippen LogP contribution in [0.5, 0.6) is 5.75 Å². The van der Waals surface area contributed by atoms with Crippen LogP contribution >= 0.6 is 0 Å². The van der Waals surface area contributed by atoms with Crippen molar-refractivity contribution in [2.45, 2.75) is 24.0 Å². The number of hydrogen-bond acceptors (Lipinski definition) is 6. The first-order valence-electron chi connectivity index (χ1n) is 8.78.